The van der Waals surface area contributed by atoms with Gasteiger partial charge in [-0.2, -0.15) is 0 Å². The minimum atomic E-state index is -0.352. The summed E-state index contributed by atoms with van der Waals surface area (Å²) in [6.45, 7) is 10.2. The molecule has 0 saturated heterocycles. The molecule has 1 aromatic heterocycles. The lowest BCUT2D eigenvalue weighted by Gasteiger charge is -2.16. The fourth-order valence-corrected chi connectivity index (χ4v) is 3.10. The second-order valence-corrected chi connectivity index (χ2v) is 7.34. The summed E-state index contributed by atoms with van der Waals surface area (Å²) in [6, 6.07) is 7.66. The van der Waals surface area contributed by atoms with E-state index in [1.807, 2.05) is 49.6 Å². The van der Waals surface area contributed by atoms with E-state index in [9.17, 15) is 4.79 Å². The van der Waals surface area contributed by atoms with Gasteiger partial charge in [-0.1, -0.05) is 38.6 Å². The highest BCUT2D eigenvalue weighted by molar-refractivity contribution is 7.99. The van der Waals surface area contributed by atoms with Gasteiger partial charge in [0.2, 0.25) is 0 Å². The van der Waals surface area contributed by atoms with Crippen LogP contribution in [0.2, 0.25) is 0 Å². The maximum atomic E-state index is 12.1. The fourth-order valence-electron chi connectivity index (χ4n) is 1.99. The van der Waals surface area contributed by atoms with Crippen molar-refractivity contribution in [3.05, 3.63) is 36.9 Å². The summed E-state index contributed by atoms with van der Waals surface area (Å²) < 4.78 is 7.15. The van der Waals surface area contributed by atoms with Gasteiger partial charge in [0.1, 0.15) is 11.5 Å². The van der Waals surface area contributed by atoms with E-state index in [-0.39, 0.29) is 11.2 Å². The molecule has 24 heavy (non-hydrogen) atoms. The second kappa shape index (κ2) is 7.66. The van der Waals surface area contributed by atoms with Gasteiger partial charge in [0.15, 0.2) is 11.0 Å². The molecule has 1 heterocycles. The maximum absolute atomic E-state index is 12.1. The number of benzene rings is 1. The number of hydrogen-bond acceptors (Lipinski definition) is 5. The Hall–Kier alpha value is -2.08. The van der Waals surface area contributed by atoms with Crippen molar-refractivity contribution in [2.24, 2.45) is 5.41 Å². The van der Waals surface area contributed by atoms with Crippen molar-refractivity contribution in [3.8, 4) is 17.1 Å². The highest BCUT2D eigenvalue weighted by Gasteiger charge is 2.22. The molecule has 0 unspecified atom stereocenters. The van der Waals surface area contributed by atoms with Crippen molar-refractivity contribution in [3.63, 3.8) is 0 Å². The van der Waals surface area contributed by atoms with Crippen LogP contribution in [0, 0.1) is 5.41 Å². The van der Waals surface area contributed by atoms with Crippen LogP contribution in [0.1, 0.15) is 20.8 Å². The third-order valence-electron chi connectivity index (χ3n) is 3.55. The Balaban J connectivity index is 2.25. The number of Topliss-reactive ketones (excluding diaryl/α,β-unsaturated/α-hetero) is 1. The van der Waals surface area contributed by atoms with Gasteiger partial charge in [-0.3, -0.25) is 9.36 Å². The Labute approximate surface area is 147 Å². The Bertz CT molecular complexity index is 715. The molecule has 1 aromatic carbocycles. The van der Waals surface area contributed by atoms with Crippen molar-refractivity contribution < 1.29 is 9.53 Å². The van der Waals surface area contributed by atoms with Crippen LogP contribution in [0.5, 0.6) is 5.75 Å². The number of aromatic nitrogens is 3. The molecule has 0 N–H and O–H groups in total. The molecule has 0 radical (unpaired) electrons. The lowest BCUT2D eigenvalue weighted by atomic mass is 9.92. The summed E-state index contributed by atoms with van der Waals surface area (Å²) >= 11 is 1.41. The average molecular weight is 345 g/mol. The lowest BCUT2D eigenvalue weighted by Crippen LogP contribution is -2.22. The van der Waals surface area contributed by atoms with Crippen molar-refractivity contribution in [2.45, 2.75) is 32.5 Å². The summed E-state index contributed by atoms with van der Waals surface area (Å²) in [7, 11) is 1.64. The number of hydrogen-bond donors (Lipinski definition) is 0. The first-order valence-corrected chi connectivity index (χ1v) is 8.70. The molecule has 6 heteroatoms. The molecule has 5 nitrogen and oxygen atoms in total. The fraction of sp³-hybridized carbons (Fsp3) is 0.389. The first kappa shape index (κ1) is 18.3. The molecule has 0 atom stereocenters. The van der Waals surface area contributed by atoms with E-state index >= 15 is 0 Å². The molecule has 2 aromatic rings. The van der Waals surface area contributed by atoms with Gasteiger partial charge in [0.25, 0.3) is 0 Å². The van der Waals surface area contributed by atoms with E-state index in [4.69, 9.17) is 4.74 Å². The van der Waals surface area contributed by atoms with Gasteiger partial charge < -0.3 is 4.74 Å². The van der Waals surface area contributed by atoms with Gasteiger partial charge in [-0.05, 0) is 24.3 Å². The first-order valence-electron chi connectivity index (χ1n) is 7.71. The monoisotopic (exact) mass is 345 g/mol. The largest absolute Gasteiger partial charge is 0.497 e. The van der Waals surface area contributed by atoms with E-state index in [2.05, 4.69) is 16.8 Å². The first-order chi connectivity index (χ1) is 11.4. The van der Waals surface area contributed by atoms with Crippen molar-refractivity contribution >= 4 is 17.5 Å². The number of rotatable bonds is 7. The minimum Gasteiger partial charge on any atom is -0.497 e. The Morgan fingerprint density at radius 1 is 1.29 bits per heavy atom. The number of methoxy groups -OCH3 is 1. The number of ether oxygens (including phenoxy) is 1. The van der Waals surface area contributed by atoms with Gasteiger partial charge in [0.05, 0.1) is 12.9 Å². The van der Waals surface area contributed by atoms with Gasteiger partial charge >= 0.3 is 0 Å². The van der Waals surface area contributed by atoms with Gasteiger partial charge in [-0.15, -0.1) is 16.8 Å². The summed E-state index contributed by atoms with van der Waals surface area (Å²) in [5, 5.41) is 9.27. The van der Waals surface area contributed by atoms with Crippen molar-refractivity contribution in [1.82, 2.24) is 14.8 Å². The zero-order chi connectivity index (χ0) is 17.7. The van der Waals surface area contributed by atoms with Crippen LogP contribution in [-0.4, -0.2) is 33.4 Å². The quantitative estimate of drug-likeness (QED) is 0.563. The topological polar surface area (TPSA) is 57.0 Å². The third-order valence-corrected chi connectivity index (χ3v) is 4.51. The average Bonchev–Trinajstić information content (AvgIpc) is 2.95. The smallest absolute Gasteiger partial charge is 0.192 e. The SMILES string of the molecule is C=CCn1c(SCC(=O)C(C)(C)C)nnc1-c1ccc(OC)cc1. The standard InChI is InChI=1S/C18H23N3O2S/c1-6-11-21-16(13-7-9-14(23-5)10-8-13)19-20-17(21)24-12-15(22)18(2,3)4/h6-10H,1,11-12H2,2-5H3. The highest BCUT2D eigenvalue weighted by Crippen LogP contribution is 2.27. The van der Waals surface area contributed by atoms with E-state index in [1.165, 1.54) is 11.8 Å². The van der Waals surface area contributed by atoms with Crippen LogP contribution in [0.15, 0.2) is 42.1 Å². The van der Waals surface area contributed by atoms with E-state index < -0.39 is 0 Å². The number of carbonyl (C=O) groups excluding carboxylic acids is 1. The number of thioether (sulfide) groups is 1. The van der Waals surface area contributed by atoms with E-state index in [1.54, 1.807) is 13.2 Å². The highest BCUT2D eigenvalue weighted by atomic mass is 32.2. The Kier molecular flexibility index (Phi) is 5.83. The number of carbonyl (C=O) groups is 1. The normalized spacial score (nSPS) is 11.3. The van der Waals surface area contributed by atoms with Crippen LogP contribution in [0.4, 0.5) is 0 Å². The van der Waals surface area contributed by atoms with Gasteiger partial charge in [-0.25, -0.2) is 0 Å². The molecule has 2 rings (SSSR count). The molecule has 128 valence electrons. The molecule has 0 aliphatic heterocycles. The van der Waals surface area contributed by atoms with Crippen molar-refractivity contribution in [1.29, 1.82) is 0 Å². The predicted octanol–water partition coefficient (Wildman–Crippen LogP) is 3.85. The molecule has 0 fully saturated rings. The Morgan fingerprint density at radius 2 is 1.96 bits per heavy atom. The van der Waals surface area contributed by atoms with Crippen LogP contribution in [-0.2, 0) is 11.3 Å². The zero-order valence-electron chi connectivity index (χ0n) is 14.6. The lowest BCUT2D eigenvalue weighted by molar-refractivity contribution is -0.123. The molecule has 0 bridgehead atoms. The van der Waals surface area contributed by atoms with Crippen LogP contribution >= 0.6 is 11.8 Å². The minimum absolute atomic E-state index is 0.187. The summed E-state index contributed by atoms with van der Waals surface area (Å²) in [5.74, 6) is 2.11. The number of nitrogens with zero attached hydrogens (tertiary/aromatic N) is 3. The second-order valence-electron chi connectivity index (χ2n) is 6.40. The van der Waals surface area contributed by atoms with Crippen LogP contribution < -0.4 is 4.74 Å². The summed E-state index contributed by atoms with van der Waals surface area (Å²) in [4.78, 5) is 12.1. The predicted molar refractivity (Wildman–Crippen MR) is 97.4 cm³/mol. The van der Waals surface area contributed by atoms with Crippen molar-refractivity contribution in [2.75, 3.05) is 12.9 Å². The molecule has 0 aliphatic carbocycles. The number of allylic oxidation sites excluding steroid dienone is 1. The van der Waals surface area contributed by atoms with Gasteiger partial charge in [0, 0.05) is 17.5 Å². The van der Waals surface area contributed by atoms with Crippen LogP contribution in [0.25, 0.3) is 11.4 Å². The number of ketones is 1. The molecule has 0 saturated carbocycles. The van der Waals surface area contributed by atoms with Crippen LogP contribution in [0.3, 0.4) is 0 Å². The molecular weight excluding hydrogens is 322 g/mol. The van der Waals surface area contributed by atoms with E-state index in [0.29, 0.717) is 12.3 Å². The molecule has 0 spiro atoms. The summed E-state index contributed by atoms with van der Waals surface area (Å²) in [6.07, 6.45) is 1.80. The molecular formula is C18H23N3O2S. The summed E-state index contributed by atoms with van der Waals surface area (Å²) in [5.41, 5.74) is 0.592. The third kappa shape index (κ3) is 4.26. The van der Waals surface area contributed by atoms with E-state index in [0.717, 1.165) is 22.3 Å². The molecule has 0 aliphatic rings. The maximum Gasteiger partial charge on any atom is 0.192 e. The molecule has 0 amide bonds. The Morgan fingerprint density at radius 3 is 2.50 bits per heavy atom. The zero-order valence-corrected chi connectivity index (χ0v) is 15.4.